The molecule has 1 aromatic rings. The first-order valence-corrected chi connectivity index (χ1v) is 5.32. The SMILES string of the molecule is CCC(N=Cc1ccccc1)C(C)C. The monoisotopic (exact) mass is 189 g/mol. The molecule has 0 aliphatic rings. The van der Waals surface area contributed by atoms with Crippen LogP contribution in [-0.2, 0) is 0 Å². The molecular formula is C13H19N. The number of rotatable bonds is 4. The van der Waals surface area contributed by atoms with Gasteiger partial charge in [-0.1, -0.05) is 51.1 Å². The van der Waals surface area contributed by atoms with E-state index in [2.05, 4.69) is 37.9 Å². The molecule has 0 radical (unpaired) electrons. The van der Waals surface area contributed by atoms with Gasteiger partial charge in [0.05, 0.1) is 6.04 Å². The fourth-order valence-electron chi connectivity index (χ4n) is 1.47. The van der Waals surface area contributed by atoms with Crippen molar-refractivity contribution in [1.29, 1.82) is 0 Å². The van der Waals surface area contributed by atoms with Gasteiger partial charge in [0.1, 0.15) is 0 Å². The second-order valence-electron chi connectivity index (χ2n) is 3.91. The lowest BCUT2D eigenvalue weighted by molar-refractivity contribution is 0.485. The fraction of sp³-hybridized carbons (Fsp3) is 0.462. The standard InChI is InChI=1S/C13H19N/c1-4-13(11(2)3)14-10-12-8-6-5-7-9-12/h5-11,13H,4H2,1-3H3. The van der Waals surface area contributed by atoms with Gasteiger partial charge in [0.15, 0.2) is 0 Å². The van der Waals surface area contributed by atoms with Crippen LogP contribution in [0.5, 0.6) is 0 Å². The zero-order chi connectivity index (χ0) is 10.4. The van der Waals surface area contributed by atoms with E-state index in [-0.39, 0.29) is 0 Å². The average molecular weight is 189 g/mol. The summed E-state index contributed by atoms with van der Waals surface area (Å²) in [5.41, 5.74) is 1.19. The summed E-state index contributed by atoms with van der Waals surface area (Å²) in [6.07, 6.45) is 3.09. The van der Waals surface area contributed by atoms with E-state index in [1.807, 2.05) is 24.4 Å². The molecule has 0 aliphatic heterocycles. The van der Waals surface area contributed by atoms with Crippen molar-refractivity contribution in [2.75, 3.05) is 0 Å². The van der Waals surface area contributed by atoms with Crippen LogP contribution < -0.4 is 0 Å². The Morgan fingerprint density at radius 3 is 2.36 bits per heavy atom. The number of aliphatic imine (C=N–C) groups is 1. The zero-order valence-corrected chi connectivity index (χ0v) is 9.27. The number of hydrogen-bond donors (Lipinski definition) is 0. The van der Waals surface area contributed by atoms with Gasteiger partial charge in [-0.15, -0.1) is 0 Å². The number of hydrogen-bond acceptors (Lipinski definition) is 1. The van der Waals surface area contributed by atoms with Crippen molar-refractivity contribution < 1.29 is 0 Å². The Morgan fingerprint density at radius 2 is 1.86 bits per heavy atom. The van der Waals surface area contributed by atoms with Crippen LogP contribution in [0, 0.1) is 5.92 Å². The molecule has 0 aliphatic carbocycles. The number of benzene rings is 1. The van der Waals surface area contributed by atoms with Crippen LogP contribution in [0.4, 0.5) is 0 Å². The van der Waals surface area contributed by atoms with E-state index in [1.165, 1.54) is 5.56 Å². The molecule has 1 rings (SSSR count). The lowest BCUT2D eigenvalue weighted by Gasteiger charge is -2.13. The minimum absolute atomic E-state index is 0.454. The van der Waals surface area contributed by atoms with E-state index in [4.69, 9.17) is 0 Å². The summed E-state index contributed by atoms with van der Waals surface area (Å²) < 4.78 is 0. The Balaban J connectivity index is 2.63. The quantitative estimate of drug-likeness (QED) is 0.642. The van der Waals surface area contributed by atoms with E-state index < -0.39 is 0 Å². The van der Waals surface area contributed by atoms with Gasteiger partial charge in [-0.2, -0.15) is 0 Å². The molecular weight excluding hydrogens is 170 g/mol. The van der Waals surface area contributed by atoms with Gasteiger partial charge in [0.25, 0.3) is 0 Å². The highest BCUT2D eigenvalue weighted by Gasteiger charge is 2.06. The van der Waals surface area contributed by atoms with Gasteiger partial charge in [0.2, 0.25) is 0 Å². The van der Waals surface area contributed by atoms with E-state index >= 15 is 0 Å². The van der Waals surface area contributed by atoms with Gasteiger partial charge in [-0.3, -0.25) is 4.99 Å². The molecule has 0 fully saturated rings. The summed E-state index contributed by atoms with van der Waals surface area (Å²) in [6.45, 7) is 6.62. The third-order valence-electron chi connectivity index (χ3n) is 2.40. The highest BCUT2D eigenvalue weighted by molar-refractivity contribution is 5.79. The molecule has 0 bridgehead atoms. The topological polar surface area (TPSA) is 12.4 Å². The molecule has 0 amide bonds. The van der Waals surface area contributed by atoms with Crippen LogP contribution >= 0.6 is 0 Å². The van der Waals surface area contributed by atoms with Crippen molar-refractivity contribution >= 4 is 6.21 Å². The van der Waals surface area contributed by atoms with Gasteiger partial charge in [-0.05, 0) is 17.9 Å². The van der Waals surface area contributed by atoms with E-state index in [0.29, 0.717) is 12.0 Å². The molecule has 1 unspecified atom stereocenters. The van der Waals surface area contributed by atoms with E-state index in [1.54, 1.807) is 0 Å². The van der Waals surface area contributed by atoms with Crippen molar-refractivity contribution in [2.45, 2.75) is 33.2 Å². The molecule has 0 spiro atoms. The average Bonchev–Trinajstić information content (AvgIpc) is 2.20. The number of nitrogens with zero attached hydrogens (tertiary/aromatic N) is 1. The lowest BCUT2D eigenvalue weighted by atomic mass is 10.0. The van der Waals surface area contributed by atoms with Crippen molar-refractivity contribution in [1.82, 2.24) is 0 Å². The van der Waals surface area contributed by atoms with Crippen LogP contribution in [0.2, 0.25) is 0 Å². The molecule has 1 atom stereocenters. The molecule has 0 saturated carbocycles. The smallest absolute Gasteiger partial charge is 0.0520 e. The van der Waals surface area contributed by atoms with Gasteiger partial charge < -0.3 is 0 Å². The molecule has 1 nitrogen and oxygen atoms in total. The summed E-state index contributed by atoms with van der Waals surface area (Å²) in [4.78, 5) is 4.59. The van der Waals surface area contributed by atoms with Crippen LogP contribution in [-0.4, -0.2) is 12.3 Å². The van der Waals surface area contributed by atoms with Gasteiger partial charge in [0, 0.05) is 6.21 Å². The maximum Gasteiger partial charge on any atom is 0.0520 e. The summed E-state index contributed by atoms with van der Waals surface area (Å²) in [7, 11) is 0. The normalized spacial score (nSPS) is 13.7. The highest BCUT2D eigenvalue weighted by atomic mass is 14.8. The zero-order valence-electron chi connectivity index (χ0n) is 9.27. The second-order valence-corrected chi connectivity index (χ2v) is 3.91. The van der Waals surface area contributed by atoms with Crippen LogP contribution in [0.25, 0.3) is 0 Å². The molecule has 1 heteroatoms. The largest absolute Gasteiger partial charge is 0.289 e. The van der Waals surface area contributed by atoms with Crippen LogP contribution in [0.3, 0.4) is 0 Å². The van der Waals surface area contributed by atoms with Crippen molar-refractivity contribution in [3.8, 4) is 0 Å². The molecule has 1 aromatic carbocycles. The molecule has 0 aromatic heterocycles. The Morgan fingerprint density at radius 1 is 1.21 bits per heavy atom. The summed E-state index contributed by atoms with van der Waals surface area (Å²) in [6, 6.07) is 10.7. The van der Waals surface area contributed by atoms with Crippen LogP contribution in [0.1, 0.15) is 32.8 Å². The predicted molar refractivity (Wildman–Crippen MR) is 63.0 cm³/mol. The molecule has 14 heavy (non-hydrogen) atoms. The molecule has 76 valence electrons. The maximum atomic E-state index is 4.59. The Hall–Kier alpha value is -1.11. The fourth-order valence-corrected chi connectivity index (χ4v) is 1.47. The van der Waals surface area contributed by atoms with Crippen LogP contribution in [0.15, 0.2) is 35.3 Å². The van der Waals surface area contributed by atoms with E-state index in [9.17, 15) is 0 Å². The van der Waals surface area contributed by atoms with Crippen molar-refractivity contribution in [3.63, 3.8) is 0 Å². The Kier molecular flexibility index (Phi) is 4.37. The first kappa shape index (κ1) is 11.0. The van der Waals surface area contributed by atoms with E-state index in [0.717, 1.165) is 6.42 Å². The van der Waals surface area contributed by atoms with Gasteiger partial charge in [-0.25, -0.2) is 0 Å². The maximum absolute atomic E-state index is 4.59. The van der Waals surface area contributed by atoms with Gasteiger partial charge >= 0.3 is 0 Å². The first-order chi connectivity index (χ1) is 6.74. The highest BCUT2D eigenvalue weighted by Crippen LogP contribution is 2.10. The Labute approximate surface area is 86.9 Å². The third-order valence-corrected chi connectivity index (χ3v) is 2.40. The summed E-state index contributed by atoms with van der Waals surface area (Å²) >= 11 is 0. The summed E-state index contributed by atoms with van der Waals surface area (Å²) in [5, 5.41) is 0. The molecule has 0 saturated heterocycles. The minimum atomic E-state index is 0.454. The second kappa shape index (κ2) is 5.58. The first-order valence-electron chi connectivity index (χ1n) is 5.32. The lowest BCUT2D eigenvalue weighted by Crippen LogP contribution is -2.11. The Bertz CT molecular complexity index is 275. The molecule has 0 N–H and O–H groups in total. The third kappa shape index (κ3) is 3.33. The molecule has 0 heterocycles. The van der Waals surface area contributed by atoms with Crippen molar-refractivity contribution in [2.24, 2.45) is 10.9 Å². The van der Waals surface area contributed by atoms with Crippen molar-refractivity contribution in [3.05, 3.63) is 35.9 Å². The minimum Gasteiger partial charge on any atom is -0.289 e. The summed E-state index contributed by atoms with van der Waals surface area (Å²) in [5.74, 6) is 0.625. The predicted octanol–water partition coefficient (Wildman–Crippen LogP) is 3.54.